The first kappa shape index (κ1) is 21.5. The first-order valence-corrected chi connectivity index (χ1v) is 12.6. The highest BCUT2D eigenvalue weighted by Crippen LogP contribution is 2.30. The molecule has 28 heavy (non-hydrogen) atoms. The molecule has 0 unspecified atom stereocenters. The number of carbonyl (C=O) groups is 1. The van der Waals surface area contributed by atoms with E-state index in [0.717, 1.165) is 41.6 Å². The van der Waals surface area contributed by atoms with Crippen LogP contribution in [0, 0.1) is 11.8 Å². The summed E-state index contributed by atoms with van der Waals surface area (Å²) >= 11 is 4.49. The van der Waals surface area contributed by atoms with Crippen molar-refractivity contribution in [3.8, 4) is 0 Å². The maximum absolute atomic E-state index is 12.5. The van der Waals surface area contributed by atoms with Crippen molar-refractivity contribution in [2.24, 2.45) is 11.8 Å². The summed E-state index contributed by atoms with van der Waals surface area (Å²) in [6.45, 7) is 2.52. The smallest absolute Gasteiger partial charge is 0.250 e. The minimum Gasteiger partial charge on any atom is -0.326 e. The third-order valence-corrected chi connectivity index (χ3v) is 8.76. The predicted molar refractivity (Wildman–Crippen MR) is 117 cm³/mol. The van der Waals surface area contributed by atoms with E-state index < -0.39 is 10.0 Å². The average molecular weight is 485 g/mol. The van der Waals surface area contributed by atoms with Crippen molar-refractivity contribution in [2.75, 3.05) is 11.9 Å². The fourth-order valence-corrected chi connectivity index (χ4v) is 6.61. The van der Waals surface area contributed by atoms with Crippen molar-refractivity contribution >= 4 is 48.9 Å². The SMILES string of the molecule is CCc1ccc(NC(=O)C2CCC(CNS(=O)(=O)c3ccc(Br)s3)CC2)cc1. The Labute approximate surface area is 179 Å². The molecule has 2 N–H and O–H groups in total. The Bertz CT molecular complexity index is 902. The Balaban J connectivity index is 1.45. The van der Waals surface area contributed by atoms with E-state index in [4.69, 9.17) is 0 Å². The molecule has 5 nitrogen and oxygen atoms in total. The van der Waals surface area contributed by atoms with Crippen molar-refractivity contribution < 1.29 is 13.2 Å². The number of aryl methyl sites for hydroxylation is 1. The standard InChI is InChI=1S/C20H25BrN2O3S2/c1-2-14-5-9-17(10-6-14)23-20(24)16-7-3-15(4-8-16)13-22-28(25,26)19-12-11-18(21)27-19/h5-6,9-12,15-16,22H,2-4,7-8,13H2,1H3,(H,23,24). The average Bonchev–Trinajstić information content (AvgIpc) is 3.15. The number of hydrogen-bond donors (Lipinski definition) is 2. The molecule has 1 fully saturated rings. The van der Waals surface area contributed by atoms with Crippen molar-refractivity contribution in [1.82, 2.24) is 4.72 Å². The van der Waals surface area contributed by atoms with E-state index >= 15 is 0 Å². The number of rotatable bonds is 7. The minimum atomic E-state index is -3.46. The number of halogens is 1. The molecule has 1 aromatic carbocycles. The molecule has 1 aliphatic carbocycles. The van der Waals surface area contributed by atoms with Gasteiger partial charge in [-0.25, -0.2) is 13.1 Å². The maximum atomic E-state index is 12.5. The molecule has 0 atom stereocenters. The van der Waals surface area contributed by atoms with E-state index in [1.165, 1.54) is 16.9 Å². The van der Waals surface area contributed by atoms with Crippen LogP contribution < -0.4 is 10.0 Å². The zero-order valence-corrected chi connectivity index (χ0v) is 19.0. The highest BCUT2D eigenvalue weighted by Gasteiger charge is 2.27. The summed E-state index contributed by atoms with van der Waals surface area (Å²) in [7, 11) is -3.46. The lowest BCUT2D eigenvalue weighted by molar-refractivity contribution is -0.121. The summed E-state index contributed by atoms with van der Waals surface area (Å²) in [6, 6.07) is 11.3. The quantitative estimate of drug-likeness (QED) is 0.592. The number of sulfonamides is 1. The molecule has 2 aromatic rings. The summed E-state index contributed by atoms with van der Waals surface area (Å²) in [5, 5.41) is 3.00. The van der Waals surface area contributed by atoms with Crippen LogP contribution in [0.1, 0.15) is 38.2 Å². The van der Waals surface area contributed by atoms with E-state index in [9.17, 15) is 13.2 Å². The van der Waals surface area contributed by atoms with Gasteiger partial charge in [-0.2, -0.15) is 0 Å². The Morgan fingerprint density at radius 1 is 1.11 bits per heavy atom. The molecule has 0 saturated heterocycles. The van der Waals surface area contributed by atoms with Crippen LogP contribution in [0.3, 0.4) is 0 Å². The Kier molecular flexibility index (Phi) is 7.31. The zero-order valence-electron chi connectivity index (χ0n) is 15.8. The summed E-state index contributed by atoms with van der Waals surface area (Å²) in [4.78, 5) is 12.5. The summed E-state index contributed by atoms with van der Waals surface area (Å²) in [5.41, 5.74) is 2.08. The second-order valence-corrected chi connectivity index (χ2v) is 11.6. The van der Waals surface area contributed by atoms with Gasteiger partial charge in [0, 0.05) is 18.2 Å². The highest BCUT2D eigenvalue weighted by molar-refractivity contribution is 9.11. The van der Waals surface area contributed by atoms with Gasteiger partial charge >= 0.3 is 0 Å². The van der Waals surface area contributed by atoms with Gasteiger partial charge in [-0.3, -0.25) is 4.79 Å². The summed E-state index contributed by atoms with van der Waals surface area (Å²) in [6.07, 6.45) is 4.25. The molecule has 0 spiro atoms. The van der Waals surface area contributed by atoms with Gasteiger partial charge in [0.1, 0.15) is 4.21 Å². The normalized spacial score (nSPS) is 20.1. The van der Waals surface area contributed by atoms with Crippen molar-refractivity contribution in [2.45, 2.75) is 43.2 Å². The van der Waals surface area contributed by atoms with E-state index in [1.54, 1.807) is 12.1 Å². The second kappa shape index (κ2) is 9.52. The van der Waals surface area contributed by atoms with E-state index in [0.29, 0.717) is 10.8 Å². The first-order valence-electron chi connectivity index (χ1n) is 9.52. The number of amides is 1. The Morgan fingerprint density at radius 2 is 1.79 bits per heavy atom. The predicted octanol–water partition coefficient (Wildman–Crippen LogP) is 4.80. The number of nitrogens with one attached hydrogen (secondary N) is 2. The number of hydrogen-bond acceptors (Lipinski definition) is 4. The molecule has 8 heteroatoms. The number of carbonyl (C=O) groups excluding carboxylic acids is 1. The molecule has 1 saturated carbocycles. The third-order valence-electron chi connectivity index (χ3n) is 5.22. The maximum Gasteiger partial charge on any atom is 0.250 e. The largest absolute Gasteiger partial charge is 0.326 e. The van der Waals surface area contributed by atoms with Gasteiger partial charge in [0.25, 0.3) is 0 Å². The molecule has 1 aliphatic rings. The Hall–Kier alpha value is -1.22. The lowest BCUT2D eigenvalue weighted by Gasteiger charge is -2.27. The van der Waals surface area contributed by atoms with E-state index in [-0.39, 0.29) is 17.7 Å². The van der Waals surface area contributed by atoms with Crippen LogP contribution in [-0.4, -0.2) is 20.9 Å². The minimum absolute atomic E-state index is 0.00744. The van der Waals surface area contributed by atoms with Crippen LogP contribution in [0.5, 0.6) is 0 Å². The van der Waals surface area contributed by atoms with Gasteiger partial charge in [-0.15, -0.1) is 11.3 Å². The molecule has 0 aliphatic heterocycles. The molecular formula is C20H25BrN2O3S2. The van der Waals surface area contributed by atoms with Gasteiger partial charge in [0.2, 0.25) is 15.9 Å². The van der Waals surface area contributed by atoms with E-state index in [2.05, 4.69) is 32.9 Å². The van der Waals surface area contributed by atoms with Gasteiger partial charge in [0.15, 0.2) is 0 Å². The molecule has 152 valence electrons. The number of benzene rings is 1. The zero-order chi connectivity index (χ0) is 20.1. The first-order chi connectivity index (χ1) is 13.4. The molecule has 3 rings (SSSR count). The van der Waals surface area contributed by atoms with Gasteiger partial charge in [0.05, 0.1) is 3.79 Å². The fraction of sp³-hybridized carbons (Fsp3) is 0.450. The van der Waals surface area contributed by atoms with Gasteiger partial charge in [-0.05, 0) is 83.8 Å². The molecule has 1 aromatic heterocycles. The van der Waals surface area contributed by atoms with Crippen molar-refractivity contribution in [1.29, 1.82) is 0 Å². The topological polar surface area (TPSA) is 75.3 Å². The van der Waals surface area contributed by atoms with Crippen LogP contribution in [0.4, 0.5) is 5.69 Å². The van der Waals surface area contributed by atoms with Gasteiger partial charge in [-0.1, -0.05) is 19.1 Å². The summed E-state index contributed by atoms with van der Waals surface area (Å²) in [5.74, 6) is 0.324. The monoisotopic (exact) mass is 484 g/mol. The van der Waals surface area contributed by atoms with Crippen LogP contribution in [0.25, 0.3) is 0 Å². The second-order valence-electron chi connectivity index (χ2n) is 7.17. The number of thiophene rings is 1. The molecular weight excluding hydrogens is 460 g/mol. The molecule has 1 heterocycles. The molecule has 0 bridgehead atoms. The van der Waals surface area contributed by atoms with Crippen molar-refractivity contribution in [3.63, 3.8) is 0 Å². The summed E-state index contributed by atoms with van der Waals surface area (Å²) < 4.78 is 28.5. The van der Waals surface area contributed by atoms with Crippen LogP contribution >= 0.6 is 27.3 Å². The van der Waals surface area contributed by atoms with Crippen LogP contribution in [-0.2, 0) is 21.2 Å². The number of anilines is 1. The lowest BCUT2D eigenvalue weighted by Crippen LogP contribution is -2.33. The molecule has 1 amide bonds. The van der Waals surface area contributed by atoms with Crippen molar-refractivity contribution in [3.05, 3.63) is 45.7 Å². The van der Waals surface area contributed by atoms with Crippen LogP contribution in [0.2, 0.25) is 0 Å². The molecule has 0 radical (unpaired) electrons. The lowest BCUT2D eigenvalue weighted by atomic mass is 9.81. The highest BCUT2D eigenvalue weighted by atomic mass is 79.9. The van der Waals surface area contributed by atoms with Crippen LogP contribution in [0.15, 0.2) is 44.4 Å². The Morgan fingerprint density at radius 3 is 2.36 bits per heavy atom. The third kappa shape index (κ3) is 5.65. The fourth-order valence-electron chi connectivity index (χ4n) is 3.44. The van der Waals surface area contributed by atoms with E-state index in [1.807, 2.05) is 24.3 Å². The van der Waals surface area contributed by atoms with Gasteiger partial charge < -0.3 is 5.32 Å².